The normalized spacial score (nSPS) is 11.5. The maximum absolute atomic E-state index is 13.3. The molecular formula is C21H13F2NO4S. The maximum atomic E-state index is 13.3. The minimum atomic E-state index is -4.18. The maximum Gasteiger partial charge on any atom is 0.264 e. The summed E-state index contributed by atoms with van der Waals surface area (Å²) < 4.78 is 59.9. The molecule has 0 unspecified atom stereocenters. The SMILES string of the molecule is O=c1c(-c2ccc(F)cc2)c(NS(=O)(=O)c2ccc(F)cc2)oc2ccccc12. The first-order valence-electron chi connectivity index (χ1n) is 8.45. The van der Waals surface area contributed by atoms with Crippen LogP contribution in [-0.4, -0.2) is 8.42 Å². The van der Waals surface area contributed by atoms with Gasteiger partial charge < -0.3 is 4.42 Å². The molecule has 0 aliphatic heterocycles. The third kappa shape index (κ3) is 3.62. The summed E-state index contributed by atoms with van der Waals surface area (Å²) in [5, 5.41) is 0.247. The molecule has 1 N–H and O–H groups in total. The van der Waals surface area contributed by atoms with Crippen LogP contribution in [0.5, 0.6) is 0 Å². The fourth-order valence-corrected chi connectivity index (χ4v) is 3.89. The molecule has 1 heterocycles. The molecule has 0 amide bonds. The molecule has 3 aromatic carbocycles. The van der Waals surface area contributed by atoms with Gasteiger partial charge in [0.1, 0.15) is 17.2 Å². The van der Waals surface area contributed by atoms with Gasteiger partial charge in [-0.1, -0.05) is 24.3 Å². The smallest absolute Gasteiger partial charge is 0.264 e. The van der Waals surface area contributed by atoms with Crippen molar-refractivity contribution >= 4 is 26.9 Å². The topological polar surface area (TPSA) is 76.4 Å². The zero-order chi connectivity index (χ0) is 20.6. The molecule has 5 nitrogen and oxygen atoms in total. The van der Waals surface area contributed by atoms with Crippen LogP contribution in [0.1, 0.15) is 0 Å². The molecular weight excluding hydrogens is 400 g/mol. The number of benzene rings is 3. The Morgan fingerprint density at radius 3 is 2.03 bits per heavy atom. The standard InChI is InChI=1S/C21H13F2NO4S/c22-14-7-5-13(6-8-14)19-20(25)17-3-1-2-4-18(17)28-21(19)24-29(26,27)16-11-9-15(23)10-12-16/h1-12,24H. The molecule has 0 atom stereocenters. The quantitative estimate of drug-likeness (QED) is 0.533. The van der Waals surface area contributed by atoms with Gasteiger partial charge in [-0.25, -0.2) is 21.9 Å². The number of hydrogen-bond acceptors (Lipinski definition) is 4. The number of para-hydroxylation sites is 1. The van der Waals surface area contributed by atoms with Crippen molar-refractivity contribution in [1.82, 2.24) is 0 Å². The summed E-state index contributed by atoms with van der Waals surface area (Å²) in [7, 11) is -4.18. The molecule has 0 radical (unpaired) electrons. The van der Waals surface area contributed by atoms with Crippen LogP contribution in [0.4, 0.5) is 14.7 Å². The van der Waals surface area contributed by atoms with E-state index in [2.05, 4.69) is 4.72 Å². The molecule has 4 aromatic rings. The van der Waals surface area contributed by atoms with Crippen molar-refractivity contribution in [2.24, 2.45) is 0 Å². The first-order chi connectivity index (χ1) is 13.8. The fraction of sp³-hybridized carbons (Fsp3) is 0. The summed E-state index contributed by atoms with van der Waals surface area (Å²) in [4.78, 5) is 12.9. The molecule has 29 heavy (non-hydrogen) atoms. The minimum absolute atomic E-state index is 0.0608. The lowest BCUT2D eigenvalue weighted by Crippen LogP contribution is -2.17. The molecule has 0 fully saturated rings. The van der Waals surface area contributed by atoms with Crippen LogP contribution in [-0.2, 0) is 10.0 Å². The van der Waals surface area contributed by atoms with Crippen LogP contribution in [0.3, 0.4) is 0 Å². The minimum Gasteiger partial charge on any atom is -0.439 e. The molecule has 0 bridgehead atoms. The predicted octanol–water partition coefficient (Wildman–Crippen LogP) is 4.54. The molecule has 0 aliphatic carbocycles. The highest BCUT2D eigenvalue weighted by Crippen LogP contribution is 2.30. The zero-order valence-corrected chi connectivity index (χ0v) is 15.5. The summed E-state index contributed by atoms with van der Waals surface area (Å²) in [6, 6.07) is 15.6. The fourth-order valence-electron chi connectivity index (χ4n) is 2.89. The first kappa shape index (κ1) is 18.8. The van der Waals surface area contributed by atoms with Gasteiger partial charge in [-0.2, -0.15) is 0 Å². The largest absolute Gasteiger partial charge is 0.439 e. The van der Waals surface area contributed by atoms with Crippen molar-refractivity contribution in [3.05, 3.63) is 94.7 Å². The van der Waals surface area contributed by atoms with Gasteiger partial charge in [-0.15, -0.1) is 0 Å². The van der Waals surface area contributed by atoms with E-state index in [-0.39, 0.29) is 32.9 Å². The monoisotopic (exact) mass is 413 g/mol. The molecule has 0 saturated heterocycles. The van der Waals surface area contributed by atoms with E-state index in [9.17, 15) is 22.0 Å². The van der Waals surface area contributed by atoms with Crippen LogP contribution in [0, 0.1) is 11.6 Å². The van der Waals surface area contributed by atoms with E-state index >= 15 is 0 Å². The molecule has 0 saturated carbocycles. The zero-order valence-electron chi connectivity index (χ0n) is 14.7. The Balaban J connectivity index is 1.93. The first-order valence-corrected chi connectivity index (χ1v) is 9.94. The van der Waals surface area contributed by atoms with Gasteiger partial charge in [-0.05, 0) is 54.1 Å². The van der Waals surface area contributed by atoms with Gasteiger partial charge >= 0.3 is 0 Å². The van der Waals surface area contributed by atoms with E-state index in [1.165, 1.54) is 18.2 Å². The van der Waals surface area contributed by atoms with Gasteiger partial charge in [0.15, 0.2) is 0 Å². The van der Waals surface area contributed by atoms with Gasteiger partial charge in [0.2, 0.25) is 11.3 Å². The highest BCUT2D eigenvalue weighted by atomic mass is 32.2. The van der Waals surface area contributed by atoms with Crippen LogP contribution in [0.25, 0.3) is 22.1 Å². The third-order valence-electron chi connectivity index (χ3n) is 4.28. The number of sulfonamides is 1. The lowest BCUT2D eigenvalue weighted by Gasteiger charge is -2.12. The van der Waals surface area contributed by atoms with Gasteiger partial charge in [0.05, 0.1) is 15.8 Å². The highest BCUT2D eigenvalue weighted by molar-refractivity contribution is 7.92. The average molecular weight is 413 g/mol. The number of nitrogens with one attached hydrogen (secondary N) is 1. The summed E-state index contributed by atoms with van der Waals surface area (Å²) >= 11 is 0. The van der Waals surface area contributed by atoms with Gasteiger partial charge in [-0.3, -0.25) is 4.79 Å². The Hall–Kier alpha value is -3.52. The molecule has 0 spiro atoms. The molecule has 1 aromatic heterocycles. The number of fused-ring (bicyclic) bond motifs is 1. The number of rotatable bonds is 4. The number of halogens is 2. The highest BCUT2D eigenvalue weighted by Gasteiger charge is 2.22. The van der Waals surface area contributed by atoms with Crippen molar-refractivity contribution in [3.63, 3.8) is 0 Å². The second-order valence-corrected chi connectivity index (χ2v) is 7.88. The van der Waals surface area contributed by atoms with Crippen molar-refractivity contribution in [1.29, 1.82) is 0 Å². The second-order valence-electron chi connectivity index (χ2n) is 6.20. The van der Waals surface area contributed by atoms with E-state index in [1.807, 2.05) is 0 Å². The lowest BCUT2D eigenvalue weighted by molar-refractivity contribution is 0.591. The van der Waals surface area contributed by atoms with E-state index < -0.39 is 27.1 Å². The van der Waals surface area contributed by atoms with Crippen LogP contribution in [0.2, 0.25) is 0 Å². The van der Waals surface area contributed by atoms with Gasteiger partial charge in [0.25, 0.3) is 10.0 Å². The van der Waals surface area contributed by atoms with Crippen molar-refractivity contribution in [2.45, 2.75) is 4.90 Å². The number of anilines is 1. The lowest BCUT2D eigenvalue weighted by atomic mass is 10.0. The van der Waals surface area contributed by atoms with E-state index in [0.717, 1.165) is 36.4 Å². The third-order valence-corrected chi connectivity index (χ3v) is 5.63. The Bertz CT molecular complexity index is 1360. The van der Waals surface area contributed by atoms with E-state index in [1.54, 1.807) is 18.2 Å². The molecule has 4 rings (SSSR count). The van der Waals surface area contributed by atoms with Crippen LogP contribution >= 0.6 is 0 Å². The molecule has 146 valence electrons. The van der Waals surface area contributed by atoms with Crippen LogP contribution < -0.4 is 10.2 Å². The predicted molar refractivity (Wildman–Crippen MR) is 105 cm³/mol. The van der Waals surface area contributed by atoms with E-state index in [4.69, 9.17) is 4.42 Å². The summed E-state index contributed by atoms with van der Waals surface area (Å²) in [6.07, 6.45) is 0. The van der Waals surface area contributed by atoms with Gasteiger partial charge in [0, 0.05) is 0 Å². The van der Waals surface area contributed by atoms with E-state index in [0.29, 0.717) is 0 Å². The average Bonchev–Trinajstić information content (AvgIpc) is 2.69. The molecule has 8 heteroatoms. The second kappa shape index (κ2) is 7.14. The van der Waals surface area contributed by atoms with Crippen molar-refractivity contribution in [2.75, 3.05) is 4.72 Å². The summed E-state index contributed by atoms with van der Waals surface area (Å²) in [5.41, 5.74) is -0.0764. The van der Waals surface area contributed by atoms with Crippen molar-refractivity contribution < 1.29 is 21.6 Å². The van der Waals surface area contributed by atoms with Crippen LogP contribution in [0.15, 0.2) is 86.9 Å². The Morgan fingerprint density at radius 2 is 1.38 bits per heavy atom. The van der Waals surface area contributed by atoms with Crippen molar-refractivity contribution in [3.8, 4) is 11.1 Å². The Labute approximate surface area is 164 Å². The molecule has 0 aliphatic rings. The number of hydrogen-bond donors (Lipinski definition) is 1. The Kier molecular flexibility index (Phi) is 4.63. The summed E-state index contributed by atoms with van der Waals surface area (Å²) in [6.45, 7) is 0. The Morgan fingerprint density at radius 1 is 0.793 bits per heavy atom. The summed E-state index contributed by atoms with van der Waals surface area (Å²) in [5.74, 6) is -1.41.